The van der Waals surface area contributed by atoms with E-state index in [1.807, 2.05) is 0 Å². The molecule has 6 nitrogen and oxygen atoms in total. The van der Waals surface area contributed by atoms with Crippen LogP contribution in [0.3, 0.4) is 0 Å². The summed E-state index contributed by atoms with van der Waals surface area (Å²) in [5.74, 6) is -0.622. The number of aromatic nitrogens is 2. The minimum atomic E-state index is -0.622. The molecular formula is C11H10N2O4S. The number of hydrogen-bond acceptors (Lipinski definition) is 5. The Balaban J connectivity index is 2.65. The molecule has 2 aromatic heterocycles. The van der Waals surface area contributed by atoms with Crippen LogP contribution in [0.5, 0.6) is 0 Å². The third kappa shape index (κ3) is 1.88. The van der Waals surface area contributed by atoms with Crippen molar-refractivity contribution in [2.24, 2.45) is 7.05 Å². The molecule has 0 aromatic carbocycles. The van der Waals surface area contributed by atoms with Crippen molar-refractivity contribution in [1.29, 1.82) is 0 Å². The summed E-state index contributed by atoms with van der Waals surface area (Å²) in [6.45, 7) is 0. The van der Waals surface area contributed by atoms with Crippen LogP contribution in [0, 0.1) is 0 Å². The lowest BCUT2D eigenvalue weighted by Crippen LogP contribution is -2.12. The lowest BCUT2D eigenvalue weighted by atomic mass is 10.2. The standard InChI is InChI=1S/C11H10N2O4S/c1-13-10(15)8(9(12-13)11(16)17-2)7-4-3-6(5-14)18-7/h3-5,12H,1-2H3. The summed E-state index contributed by atoms with van der Waals surface area (Å²) in [5, 5.41) is 2.64. The Labute approximate surface area is 106 Å². The van der Waals surface area contributed by atoms with Gasteiger partial charge in [0.15, 0.2) is 12.0 Å². The molecule has 2 rings (SSSR count). The van der Waals surface area contributed by atoms with Crippen molar-refractivity contribution < 1.29 is 14.3 Å². The fourth-order valence-corrected chi connectivity index (χ4v) is 2.44. The van der Waals surface area contributed by atoms with E-state index in [0.717, 1.165) is 11.3 Å². The molecule has 0 atom stereocenters. The molecule has 18 heavy (non-hydrogen) atoms. The average Bonchev–Trinajstić information content (AvgIpc) is 2.94. The van der Waals surface area contributed by atoms with Gasteiger partial charge < -0.3 is 4.74 Å². The smallest absolute Gasteiger partial charge is 0.356 e. The van der Waals surface area contributed by atoms with Crippen molar-refractivity contribution in [2.75, 3.05) is 7.11 Å². The summed E-state index contributed by atoms with van der Waals surface area (Å²) in [6.07, 6.45) is 0.698. The number of methoxy groups -OCH3 is 1. The van der Waals surface area contributed by atoms with Gasteiger partial charge in [-0.25, -0.2) is 4.79 Å². The van der Waals surface area contributed by atoms with Crippen LogP contribution in [0.1, 0.15) is 20.2 Å². The molecule has 0 saturated carbocycles. The normalized spacial score (nSPS) is 10.3. The Bertz CT molecular complexity index is 665. The Kier molecular flexibility index (Phi) is 3.15. The third-order valence-electron chi connectivity index (χ3n) is 2.43. The summed E-state index contributed by atoms with van der Waals surface area (Å²) in [7, 11) is 2.75. The van der Waals surface area contributed by atoms with E-state index in [1.165, 1.54) is 18.8 Å². The Morgan fingerprint density at radius 3 is 2.78 bits per heavy atom. The van der Waals surface area contributed by atoms with E-state index in [9.17, 15) is 14.4 Å². The second kappa shape index (κ2) is 4.61. The van der Waals surface area contributed by atoms with Gasteiger partial charge in [0, 0.05) is 11.9 Å². The van der Waals surface area contributed by atoms with Crippen LogP contribution >= 0.6 is 11.3 Å². The number of nitrogens with zero attached hydrogens (tertiary/aromatic N) is 1. The van der Waals surface area contributed by atoms with E-state index in [-0.39, 0.29) is 16.8 Å². The molecule has 0 aliphatic carbocycles. The number of H-pyrrole nitrogens is 1. The van der Waals surface area contributed by atoms with E-state index in [2.05, 4.69) is 9.84 Å². The summed E-state index contributed by atoms with van der Waals surface area (Å²) in [4.78, 5) is 35.2. The Hall–Kier alpha value is -2.15. The number of esters is 1. The van der Waals surface area contributed by atoms with Gasteiger partial charge in [-0.05, 0) is 12.1 Å². The molecule has 0 bridgehead atoms. The predicted molar refractivity (Wildman–Crippen MR) is 66.1 cm³/mol. The van der Waals surface area contributed by atoms with Crippen LogP contribution in [-0.4, -0.2) is 29.1 Å². The average molecular weight is 266 g/mol. The zero-order valence-corrected chi connectivity index (χ0v) is 10.5. The Morgan fingerprint density at radius 2 is 2.22 bits per heavy atom. The largest absolute Gasteiger partial charge is 0.464 e. The van der Waals surface area contributed by atoms with Crippen LogP contribution in [0.4, 0.5) is 0 Å². The van der Waals surface area contributed by atoms with Gasteiger partial charge in [-0.3, -0.25) is 19.4 Å². The van der Waals surface area contributed by atoms with Gasteiger partial charge in [0.2, 0.25) is 0 Å². The van der Waals surface area contributed by atoms with Crippen molar-refractivity contribution >= 4 is 23.6 Å². The van der Waals surface area contributed by atoms with Crippen molar-refractivity contribution in [3.63, 3.8) is 0 Å². The first-order valence-electron chi connectivity index (χ1n) is 5.01. The van der Waals surface area contributed by atoms with Crippen molar-refractivity contribution in [2.45, 2.75) is 0 Å². The van der Waals surface area contributed by atoms with Crippen molar-refractivity contribution in [1.82, 2.24) is 9.78 Å². The molecule has 0 amide bonds. The van der Waals surface area contributed by atoms with E-state index >= 15 is 0 Å². The fraction of sp³-hybridized carbons (Fsp3) is 0.182. The molecule has 0 fully saturated rings. The van der Waals surface area contributed by atoms with Crippen LogP contribution in [0.15, 0.2) is 16.9 Å². The quantitative estimate of drug-likeness (QED) is 0.665. The summed E-state index contributed by atoms with van der Waals surface area (Å²) < 4.78 is 5.81. The molecule has 0 aliphatic rings. The van der Waals surface area contributed by atoms with E-state index in [1.54, 1.807) is 12.1 Å². The maximum absolute atomic E-state index is 12.0. The highest BCUT2D eigenvalue weighted by Crippen LogP contribution is 2.27. The number of aryl methyl sites for hydroxylation is 1. The van der Waals surface area contributed by atoms with Gasteiger partial charge in [-0.2, -0.15) is 0 Å². The summed E-state index contributed by atoms with van der Waals surface area (Å²) in [5.41, 5.74) is -0.0264. The SMILES string of the molecule is COC(=O)c1[nH]n(C)c(=O)c1-c1ccc(C=O)s1. The zero-order chi connectivity index (χ0) is 13.3. The lowest BCUT2D eigenvalue weighted by molar-refractivity contribution is 0.0594. The molecule has 0 radical (unpaired) electrons. The van der Waals surface area contributed by atoms with E-state index in [0.29, 0.717) is 16.0 Å². The highest BCUT2D eigenvalue weighted by Gasteiger charge is 2.22. The molecule has 2 heterocycles. The topological polar surface area (TPSA) is 81.2 Å². The predicted octanol–water partition coefficient (Wildman–Crippen LogP) is 1.04. The molecule has 2 aromatic rings. The van der Waals surface area contributed by atoms with Crippen LogP contribution < -0.4 is 5.56 Å². The van der Waals surface area contributed by atoms with Gasteiger partial charge in [0.25, 0.3) is 5.56 Å². The number of aldehydes is 1. The number of thiophene rings is 1. The van der Waals surface area contributed by atoms with Gasteiger partial charge in [0.05, 0.1) is 17.6 Å². The molecule has 0 unspecified atom stereocenters. The summed E-state index contributed by atoms with van der Waals surface area (Å²) in [6, 6.07) is 3.23. The summed E-state index contributed by atoms with van der Waals surface area (Å²) >= 11 is 1.15. The number of aromatic amines is 1. The van der Waals surface area contributed by atoms with Gasteiger partial charge >= 0.3 is 5.97 Å². The molecule has 0 aliphatic heterocycles. The first kappa shape index (κ1) is 12.3. The molecule has 0 saturated heterocycles. The van der Waals surface area contributed by atoms with Crippen LogP contribution in [0.2, 0.25) is 0 Å². The molecule has 1 N–H and O–H groups in total. The number of hydrogen-bond donors (Lipinski definition) is 1. The second-order valence-electron chi connectivity index (χ2n) is 3.54. The minimum absolute atomic E-state index is 0.0873. The number of carbonyl (C=O) groups is 2. The van der Waals surface area contributed by atoms with Gasteiger partial charge in [0.1, 0.15) is 0 Å². The maximum Gasteiger partial charge on any atom is 0.356 e. The number of nitrogens with one attached hydrogen (secondary N) is 1. The monoisotopic (exact) mass is 266 g/mol. The second-order valence-corrected chi connectivity index (χ2v) is 4.65. The number of carbonyl (C=O) groups excluding carboxylic acids is 2. The molecule has 7 heteroatoms. The number of rotatable bonds is 3. The van der Waals surface area contributed by atoms with Crippen LogP contribution in [0.25, 0.3) is 10.4 Å². The van der Waals surface area contributed by atoms with Gasteiger partial charge in [-0.1, -0.05) is 0 Å². The van der Waals surface area contributed by atoms with Crippen LogP contribution in [-0.2, 0) is 11.8 Å². The Morgan fingerprint density at radius 1 is 1.50 bits per heavy atom. The first-order chi connectivity index (χ1) is 8.58. The molecule has 94 valence electrons. The fourth-order valence-electron chi connectivity index (χ4n) is 1.58. The third-order valence-corrected chi connectivity index (χ3v) is 3.45. The minimum Gasteiger partial charge on any atom is -0.464 e. The van der Waals surface area contributed by atoms with E-state index < -0.39 is 5.97 Å². The highest BCUT2D eigenvalue weighted by atomic mass is 32.1. The zero-order valence-electron chi connectivity index (χ0n) is 9.72. The molecule has 0 spiro atoms. The highest BCUT2D eigenvalue weighted by molar-refractivity contribution is 7.17. The van der Waals surface area contributed by atoms with Gasteiger partial charge in [-0.15, -0.1) is 11.3 Å². The molecular weight excluding hydrogens is 256 g/mol. The number of ether oxygens (including phenoxy) is 1. The van der Waals surface area contributed by atoms with E-state index in [4.69, 9.17) is 0 Å². The van der Waals surface area contributed by atoms with Crippen molar-refractivity contribution in [3.8, 4) is 10.4 Å². The first-order valence-corrected chi connectivity index (χ1v) is 5.82. The lowest BCUT2D eigenvalue weighted by Gasteiger charge is -1.97. The van der Waals surface area contributed by atoms with Crippen molar-refractivity contribution in [3.05, 3.63) is 33.1 Å². The maximum atomic E-state index is 12.0.